The largest absolute Gasteiger partial charge is 0.481 e. The summed E-state index contributed by atoms with van der Waals surface area (Å²) in [6.45, 7) is 4.39. The number of halogens is 3. The van der Waals surface area contributed by atoms with Crippen molar-refractivity contribution in [3.05, 3.63) is 224 Å². The van der Waals surface area contributed by atoms with E-state index in [4.69, 9.17) is 110 Å². The second kappa shape index (κ2) is 33.8. The van der Waals surface area contributed by atoms with Crippen LogP contribution in [0.4, 0.5) is 0 Å². The molecule has 3 unspecified atom stereocenters. The summed E-state index contributed by atoms with van der Waals surface area (Å²) in [4.78, 5) is 107. The molecule has 6 aliphatic rings. The number of carboxylic acid groups (broad SMARTS) is 1. The Hall–Kier alpha value is -8.69. The van der Waals surface area contributed by atoms with E-state index in [1.807, 2.05) is 0 Å². The second-order valence-corrected chi connectivity index (χ2v) is 29.5. The molecule has 9 aromatic rings. The molecule has 103 heavy (non-hydrogen) atoms. The Labute approximate surface area is 630 Å². The molecule has 1 N–H and O–H groups in total. The number of aliphatic carboxylic acids is 1. The molecule has 0 spiro atoms. The van der Waals surface area contributed by atoms with E-state index >= 15 is 0 Å². The zero-order chi connectivity index (χ0) is 72.4. The lowest BCUT2D eigenvalue weighted by molar-refractivity contribution is -0.134. The maximum atomic E-state index is 13.3. The maximum absolute atomic E-state index is 13.3. The molecule has 23 nitrogen and oxygen atoms in total. The standard InChI is InChI=1S/3C23H18ClN3O4S2.C2H4O2/c3*24-14-6-8-15(9-7-14)31-20-17(21(28)26-10-2-1-5-19(26)25-20)12-18-22(29)27(23(32)33-18)13-16-4-3-11-30-16;1-2(3)4/h3*1-2,5-10,12,16H,3-4,11,13H2;1H3,(H,3,4)/b3*18-12-;. The summed E-state index contributed by atoms with van der Waals surface area (Å²) < 4.78 is 40.3. The molecule has 15 rings (SSSR count). The highest BCUT2D eigenvalue weighted by molar-refractivity contribution is 8.27. The summed E-state index contributed by atoms with van der Waals surface area (Å²) in [5.74, 6) is 0.0849. The van der Waals surface area contributed by atoms with Crippen molar-refractivity contribution in [2.75, 3.05) is 39.5 Å². The number of nitrogens with zero attached hydrogens (tertiary/aromatic N) is 9. The van der Waals surface area contributed by atoms with Gasteiger partial charge in [-0.05, 0) is 166 Å². The first-order chi connectivity index (χ1) is 49.7. The third-order valence-corrected chi connectivity index (χ3v) is 20.9. The molecule has 0 bridgehead atoms. The van der Waals surface area contributed by atoms with Gasteiger partial charge in [0.15, 0.2) is 0 Å². The Morgan fingerprint density at radius 3 is 0.971 bits per heavy atom. The van der Waals surface area contributed by atoms with Gasteiger partial charge in [-0.1, -0.05) is 125 Å². The summed E-state index contributed by atoms with van der Waals surface area (Å²) in [7, 11) is 0. The van der Waals surface area contributed by atoms with Crippen LogP contribution in [0.1, 0.15) is 62.1 Å². The first-order valence-corrected chi connectivity index (χ1v) is 36.7. The number of rotatable bonds is 15. The van der Waals surface area contributed by atoms with Crippen molar-refractivity contribution in [1.29, 1.82) is 0 Å². The summed E-state index contributed by atoms with van der Waals surface area (Å²) in [6, 6.07) is 35.9. The summed E-state index contributed by atoms with van der Waals surface area (Å²) >= 11 is 37.7. The number of thiocarbonyl (C=S) groups is 3. The number of carboxylic acids is 1. The van der Waals surface area contributed by atoms with Crippen LogP contribution >= 0.6 is 107 Å². The van der Waals surface area contributed by atoms with Gasteiger partial charge in [0.25, 0.3) is 40.4 Å². The summed E-state index contributed by atoms with van der Waals surface area (Å²) in [5, 5.41) is 9.09. The lowest BCUT2D eigenvalue weighted by Gasteiger charge is -2.18. The molecule has 6 aliphatic heterocycles. The molecule has 0 radical (unpaired) electrons. The average molecular weight is 1560 g/mol. The molecular weight excluding hydrogens is 1500 g/mol. The number of thioether (sulfide) groups is 3. The van der Waals surface area contributed by atoms with Gasteiger partial charge in [0, 0.05) is 60.4 Å². The van der Waals surface area contributed by atoms with Crippen molar-refractivity contribution in [1.82, 2.24) is 42.9 Å². The van der Waals surface area contributed by atoms with E-state index in [0.29, 0.717) is 116 Å². The average Bonchev–Trinajstić information content (AvgIpc) is 1.78. The van der Waals surface area contributed by atoms with Crippen molar-refractivity contribution in [2.45, 2.75) is 63.8 Å². The fourth-order valence-electron chi connectivity index (χ4n) is 11.0. The van der Waals surface area contributed by atoms with Crippen LogP contribution in [0.3, 0.4) is 0 Å². The van der Waals surface area contributed by atoms with Gasteiger partial charge < -0.3 is 33.5 Å². The minimum atomic E-state index is -0.833. The van der Waals surface area contributed by atoms with E-state index in [0.717, 1.165) is 80.7 Å². The van der Waals surface area contributed by atoms with E-state index < -0.39 is 5.97 Å². The summed E-state index contributed by atoms with van der Waals surface area (Å²) in [6.07, 6.45) is 14.9. The quantitative estimate of drug-likeness (QED) is 0.0739. The van der Waals surface area contributed by atoms with E-state index in [1.54, 1.807) is 146 Å². The van der Waals surface area contributed by atoms with E-state index in [1.165, 1.54) is 46.1 Å². The number of benzene rings is 3. The predicted molar refractivity (Wildman–Crippen MR) is 409 cm³/mol. The lowest BCUT2D eigenvalue weighted by Crippen LogP contribution is -2.35. The highest BCUT2D eigenvalue weighted by atomic mass is 35.5. The number of hydrogen-bond donors (Lipinski definition) is 1. The highest BCUT2D eigenvalue weighted by Crippen LogP contribution is 2.39. The fraction of sp³-hybridized carbons (Fsp3) is 0.225. The Kier molecular flexibility index (Phi) is 24.3. The van der Waals surface area contributed by atoms with Crippen LogP contribution in [0.25, 0.3) is 35.2 Å². The molecule has 6 aromatic heterocycles. The number of aromatic nitrogens is 6. The number of carbonyl (C=O) groups is 4. The molecule has 32 heteroatoms. The number of pyridine rings is 3. The first kappa shape index (κ1) is 74.0. The molecule has 12 heterocycles. The fourth-order valence-corrected chi connectivity index (χ4v) is 15.2. The van der Waals surface area contributed by atoms with Crippen LogP contribution < -0.4 is 30.9 Å². The van der Waals surface area contributed by atoms with Crippen LogP contribution in [0.2, 0.25) is 15.1 Å². The third kappa shape index (κ3) is 18.1. The minimum absolute atomic E-state index is 0.0244. The van der Waals surface area contributed by atoms with Crippen LogP contribution in [-0.2, 0) is 33.4 Å². The van der Waals surface area contributed by atoms with Crippen LogP contribution in [-0.4, -0.2) is 142 Å². The molecule has 0 saturated carbocycles. The molecule has 3 aromatic carbocycles. The Balaban J connectivity index is 0.000000142. The normalized spacial score (nSPS) is 19.2. The van der Waals surface area contributed by atoms with Gasteiger partial charge in [-0.25, -0.2) is 0 Å². The van der Waals surface area contributed by atoms with E-state index in [-0.39, 0.29) is 87.0 Å². The van der Waals surface area contributed by atoms with Crippen LogP contribution in [0.15, 0.2) is 175 Å². The van der Waals surface area contributed by atoms with Crippen LogP contribution in [0.5, 0.6) is 34.9 Å². The molecule has 3 atom stereocenters. The van der Waals surface area contributed by atoms with Crippen molar-refractivity contribution in [2.24, 2.45) is 0 Å². The maximum Gasteiger partial charge on any atom is 0.300 e. The van der Waals surface area contributed by atoms with Crippen molar-refractivity contribution < 1.29 is 52.7 Å². The number of carbonyl (C=O) groups excluding carboxylic acids is 3. The Morgan fingerprint density at radius 2 is 0.728 bits per heavy atom. The van der Waals surface area contributed by atoms with Gasteiger partial charge in [0.2, 0.25) is 17.6 Å². The van der Waals surface area contributed by atoms with E-state index in [2.05, 4.69) is 15.0 Å². The minimum Gasteiger partial charge on any atom is -0.481 e. The zero-order valence-corrected chi connectivity index (χ0v) is 61.3. The number of amides is 3. The van der Waals surface area contributed by atoms with Gasteiger partial charge in [-0.2, -0.15) is 15.0 Å². The van der Waals surface area contributed by atoms with Crippen molar-refractivity contribution in [3.63, 3.8) is 0 Å². The third-order valence-electron chi connectivity index (χ3n) is 16.0. The molecular formula is C71H58Cl3N9O14S6. The SMILES string of the molecule is CC(=O)O.O=C1/C(=C/c2c(Oc3ccc(Cl)cc3)nc3ccccn3c2=O)SC(=S)N1CC1CCCO1.O=C1/C(=C/c2c(Oc3ccc(Cl)cc3)nc3ccccn3c2=O)SC(=S)N1CC1CCCO1.O=C1/C(=C/c2c(Oc3ccc(Cl)cc3)nc3ccccn3c2=O)SC(=S)N1CC1CCCO1. The number of ether oxygens (including phenoxy) is 6. The number of fused-ring (bicyclic) bond motifs is 3. The Bertz CT molecular complexity index is 4610. The van der Waals surface area contributed by atoms with Gasteiger partial charge in [-0.15, -0.1) is 0 Å². The van der Waals surface area contributed by atoms with E-state index in [9.17, 15) is 28.8 Å². The zero-order valence-electron chi connectivity index (χ0n) is 54.2. The van der Waals surface area contributed by atoms with Gasteiger partial charge in [0.05, 0.1) is 52.7 Å². The lowest BCUT2D eigenvalue weighted by atomic mass is 10.2. The molecule has 528 valence electrons. The topological polar surface area (TPSA) is 257 Å². The van der Waals surface area contributed by atoms with Crippen molar-refractivity contribution in [3.8, 4) is 34.9 Å². The van der Waals surface area contributed by atoms with Gasteiger partial charge in [-0.3, -0.25) is 61.5 Å². The first-order valence-electron chi connectivity index (χ1n) is 31.9. The molecule has 6 fully saturated rings. The van der Waals surface area contributed by atoms with Gasteiger partial charge >= 0.3 is 0 Å². The van der Waals surface area contributed by atoms with Crippen LogP contribution in [0, 0.1) is 0 Å². The Morgan fingerprint density at radius 1 is 0.466 bits per heavy atom. The molecule has 0 aliphatic carbocycles. The molecule has 3 amide bonds. The smallest absolute Gasteiger partial charge is 0.300 e. The van der Waals surface area contributed by atoms with Gasteiger partial charge in [0.1, 0.15) is 63.8 Å². The molecule has 6 saturated heterocycles. The van der Waals surface area contributed by atoms with Crippen molar-refractivity contribution >= 4 is 179 Å². The monoisotopic (exact) mass is 1560 g/mol. The predicted octanol–water partition coefficient (Wildman–Crippen LogP) is 13.7. The summed E-state index contributed by atoms with van der Waals surface area (Å²) in [5.41, 5.74) is 0.694. The second-order valence-electron chi connectivity index (χ2n) is 23.2. The number of hydrogen-bond acceptors (Lipinski definition) is 22. The highest BCUT2D eigenvalue weighted by Gasteiger charge is 2.38.